The van der Waals surface area contributed by atoms with Gasteiger partial charge in [0.2, 0.25) is 11.8 Å². The monoisotopic (exact) mass is 389 g/mol. The molecule has 154 valence electrons. The Morgan fingerprint density at radius 2 is 1.71 bits per heavy atom. The number of para-hydroxylation sites is 1. The normalized spacial score (nSPS) is 14.5. The fourth-order valence-electron chi connectivity index (χ4n) is 3.56. The predicted molar refractivity (Wildman–Crippen MR) is 108 cm³/mol. The van der Waals surface area contributed by atoms with Crippen LogP contribution in [-0.4, -0.2) is 55.1 Å². The smallest absolute Gasteiger partial charge is 0.413 e. The van der Waals surface area contributed by atoms with E-state index < -0.39 is 12.0 Å². The van der Waals surface area contributed by atoms with Gasteiger partial charge in [-0.2, -0.15) is 0 Å². The van der Waals surface area contributed by atoms with Crippen molar-refractivity contribution in [3.05, 3.63) is 30.3 Å². The third kappa shape index (κ3) is 6.64. The van der Waals surface area contributed by atoms with Gasteiger partial charge < -0.3 is 9.64 Å². The molecule has 7 heteroatoms. The fraction of sp³-hybridized carbons (Fsp3) is 0.571. The summed E-state index contributed by atoms with van der Waals surface area (Å²) < 4.78 is 4.72. The summed E-state index contributed by atoms with van der Waals surface area (Å²) in [7, 11) is 0. The Morgan fingerprint density at radius 1 is 1.04 bits per heavy atom. The highest BCUT2D eigenvalue weighted by Crippen LogP contribution is 2.27. The Bertz CT molecular complexity index is 644. The summed E-state index contributed by atoms with van der Waals surface area (Å²) in [4.78, 5) is 40.2. The summed E-state index contributed by atoms with van der Waals surface area (Å²) in [6.07, 6.45) is 4.69. The first-order valence-electron chi connectivity index (χ1n) is 10.1. The van der Waals surface area contributed by atoms with Gasteiger partial charge in [0.1, 0.15) is 0 Å². The van der Waals surface area contributed by atoms with Gasteiger partial charge in [-0.1, -0.05) is 44.4 Å². The molecule has 1 aromatic carbocycles. The molecular weight excluding hydrogens is 358 g/mol. The van der Waals surface area contributed by atoms with Gasteiger partial charge in [0.05, 0.1) is 19.7 Å². The van der Waals surface area contributed by atoms with Gasteiger partial charge in [-0.15, -0.1) is 0 Å². The van der Waals surface area contributed by atoms with Crippen molar-refractivity contribution in [2.45, 2.75) is 52.0 Å². The minimum absolute atomic E-state index is 0.0242. The van der Waals surface area contributed by atoms with Crippen LogP contribution in [0.4, 0.5) is 10.5 Å². The first kappa shape index (κ1) is 21.9. The molecule has 7 nitrogen and oxygen atoms in total. The SMILES string of the molecule is CCOC(=O)NC(=O)CN(CC)CC(=O)N(c1ccccc1)C1CCCCC1. The lowest BCUT2D eigenvalue weighted by molar-refractivity contribution is -0.123. The van der Waals surface area contributed by atoms with E-state index >= 15 is 0 Å². The lowest BCUT2D eigenvalue weighted by atomic mass is 9.93. The average molecular weight is 389 g/mol. The van der Waals surface area contributed by atoms with E-state index in [9.17, 15) is 14.4 Å². The number of rotatable bonds is 8. The molecule has 0 spiro atoms. The minimum atomic E-state index is -0.761. The molecular formula is C21H31N3O4. The molecule has 0 aliphatic heterocycles. The highest BCUT2D eigenvalue weighted by atomic mass is 16.5. The first-order valence-corrected chi connectivity index (χ1v) is 10.1. The average Bonchev–Trinajstić information content (AvgIpc) is 2.69. The van der Waals surface area contributed by atoms with Crippen molar-refractivity contribution in [1.82, 2.24) is 10.2 Å². The Labute approximate surface area is 167 Å². The van der Waals surface area contributed by atoms with E-state index in [2.05, 4.69) is 5.32 Å². The molecule has 0 saturated heterocycles. The second-order valence-corrected chi connectivity index (χ2v) is 6.96. The Balaban J connectivity index is 2.03. The zero-order valence-electron chi connectivity index (χ0n) is 16.9. The van der Waals surface area contributed by atoms with E-state index in [1.54, 1.807) is 11.8 Å². The first-order chi connectivity index (χ1) is 13.5. The lowest BCUT2D eigenvalue weighted by Crippen LogP contribution is -2.49. The maximum absolute atomic E-state index is 13.2. The van der Waals surface area contributed by atoms with Crippen LogP contribution in [0.2, 0.25) is 0 Å². The summed E-state index contributed by atoms with van der Waals surface area (Å²) >= 11 is 0. The number of benzene rings is 1. The maximum Gasteiger partial charge on any atom is 0.413 e. The summed E-state index contributed by atoms with van der Waals surface area (Å²) in [6.45, 7) is 4.37. The molecule has 0 heterocycles. The van der Waals surface area contributed by atoms with E-state index in [0.29, 0.717) is 6.54 Å². The third-order valence-electron chi connectivity index (χ3n) is 4.93. The molecule has 3 amide bonds. The van der Waals surface area contributed by atoms with Crippen LogP contribution in [0, 0.1) is 0 Å². The molecule has 1 fully saturated rings. The van der Waals surface area contributed by atoms with Crippen LogP contribution in [0.25, 0.3) is 0 Å². The molecule has 2 rings (SSSR count). The van der Waals surface area contributed by atoms with Crippen molar-refractivity contribution in [3.63, 3.8) is 0 Å². The molecule has 1 aromatic rings. The van der Waals surface area contributed by atoms with Gasteiger partial charge in [-0.3, -0.25) is 19.8 Å². The predicted octanol–water partition coefficient (Wildman–Crippen LogP) is 2.95. The second kappa shape index (κ2) is 11.4. The van der Waals surface area contributed by atoms with Gasteiger partial charge in [0.25, 0.3) is 0 Å². The van der Waals surface area contributed by atoms with Crippen molar-refractivity contribution in [2.75, 3.05) is 31.1 Å². The third-order valence-corrected chi connectivity index (χ3v) is 4.93. The quantitative estimate of drug-likeness (QED) is 0.739. The van der Waals surface area contributed by atoms with Crippen molar-refractivity contribution >= 4 is 23.6 Å². The molecule has 1 aliphatic rings. The molecule has 0 radical (unpaired) electrons. The Morgan fingerprint density at radius 3 is 2.32 bits per heavy atom. The zero-order valence-corrected chi connectivity index (χ0v) is 16.9. The van der Waals surface area contributed by atoms with Crippen LogP contribution >= 0.6 is 0 Å². The van der Waals surface area contributed by atoms with Gasteiger partial charge in [-0.05, 0) is 38.4 Å². The summed E-state index contributed by atoms with van der Waals surface area (Å²) in [5.74, 6) is -0.499. The number of carbonyl (C=O) groups is 3. The molecule has 0 aromatic heterocycles. The van der Waals surface area contributed by atoms with Crippen molar-refractivity contribution in [2.24, 2.45) is 0 Å². The van der Waals surface area contributed by atoms with E-state index in [-0.39, 0.29) is 31.6 Å². The number of anilines is 1. The minimum Gasteiger partial charge on any atom is -0.450 e. The largest absolute Gasteiger partial charge is 0.450 e. The highest BCUT2D eigenvalue weighted by Gasteiger charge is 2.28. The fourth-order valence-corrected chi connectivity index (χ4v) is 3.56. The van der Waals surface area contributed by atoms with Crippen molar-refractivity contribution in [3.8, 4) is 0 Å². The van der Waals surface area contributed by atoms with Crippen LogP contribution in [0.1, 0.15) is 46.0 Å². The standard InChI is InChI=1S/C21H31N3O4/c1-3-23(15-19(25)22-21(27)28-4-2)16-20(26)24(17-11-7-5-8-12-17)18-13-9-6-10-14-18/h5,7-8,11-12,18H,3-4,6,9-10,13-16H2,1-2H3,(H,22,25,27). The van der Waals surface area contributed by atoms with Crippen LogP contribution in [0.15, 0.2) is 30.3 Å². The number of alkyl carbamates (subject to hydrolysis) is 1. The van der Waals surface area contributed by atoms with E-state index in [1.807, 2.05) is 42.2 Å². The Hall–Kier alpha value is -2.41. The van der Waals surface area contributed by atoms with E-state index in [0.717, 1.165) is 31.4 Å². The van der Waals surface area contributed by atoms with Crippen LogP contribution in [0.3, 0.4) is 0 Å². The van der Waals surface area contributed by atoms with Crippen LogP contribution < -0.4 is 10.2 Å². The molecule has 0 atom stereocenters. The maximum atomic E-state index is 13.2. The molecule has 1 N–H and O–H groups in total. The molecule has 1 saturated carbocycles. The highest BCUT2D eigenvalue weighted by molar-refractivity contribution is 5.96. The number of likely N-dealkylation sites (N-methyl/N-ethyl adjacent to an activating group) is 1. The summed E-state index contributed by atoms with van der Waals surface area (Å²) in [5.41, 5.74) is 0.895. The number of hydrogen-bond donors (Lipinski definition) is 1. The number of amides is 3. The number of ether oxygens (including phenoxy) is 1. The number of hydrogen-bond acceptors (Lipinski definition) is 5. The zero-order chi connectivity index (χ0) is 20.4. The molecule has 28 heavy (non-hydrogen) atoms. The lowest BCUT2D eigenvalue weighted by Gasteiger charge is -2.35. The van der Waals surface area contributed by atoms with Gasteiger partial charge >= 0.3 is 6.09 Å². The Kier molecular flexibility index (Phi) is 8.94. The van der Waals surface area contributed by atoms with Crippen LogP contribution in [0.5, 0.6) is 0 Å². The molecule has 1 aliphatic carbocycles. The number of nitrogens with one attached hydrogen (secondary N) is 1. The van der Waals surface area contributed by atoms with Crippen molar-refractivity contribution < 1.29 is 19.1 Å². The molecule has 0 bridgehead atoms. The van der Waals surface area contributed by atoms with Gasteiger partial charge in [0, 0.05) is 11.7 Å². The van der Waals surface area contributed by atoms with Gasteiger partial charge in [-0.25, -0.2) is 4.79 Å². The topological polar surface area (TPSA) is 79.0 Å². The summed E-state index contributed by atoms with van der Waals surface area (Å²) in [5, 5.41) is 2.18. The number of nitrogens with zero attached hydrogens (tertiary/aromatic N) is 2. The van der Waals surface area contributed by atoms with E-state index in [4.69, 9.17) is 4.74 Å². The number of carbonyl (C=O) groups excluding carboxylic acids is 3. The number of imide groups is 1. The molecule has 0 unspecified atom stereocenters. The summed E-state index contributed by atoms with van der Waals surface area (Å²) in [6, 6.07) is 9.90. The van der Waals surface area contributed by atoms with Gasteiger partial charge in [0.15, 0.2) is 0 Å². The van der Waals surface area contributed by atoms with Crippen molar-refractivity contribution in [1.29, 1.82) is 0 Å². The second-order valence-electron chi connectivity index (χ2n) is 6.96. The van der Waals surface area contributed by atoms with Crippen LogP contribution in [-0.2, 0) is 14.3 Å². The van der Waals surface area contributed by atoms with E-state index in [1.165, 1.54) is 6.42 Å².